The molecule has 0 atom stereocenters. The molecule has 0 saturated heterocycles. The molecule has 0 aromatic heterocycles. The van der Waals surface area contributed by atoms with Gasteiger partial charge in [0.25, 0.3) is 0 Å². The largest absolute Gasteiger partial charge is 0.346 e. The Morgan fingerprint density at radius 3 is 2.27 bits per heavy atom. The van der Waals surface area contributed by atoms with Crippen LogP contribution in [0.2, 0.25) is 0 Å². The molecule has 1 nitrogen and oxygen atoms in total. The Labute approximate surface area is 69.9 Å². The molecule has 1 radical (unpaired) electrons. The summed E-state index contributed by atoms with van der Waals surface area (Å²) in [4.78, 5) is 4.38. The van der Waals surface area contributed by atoms with E-state index in [0.29, 0.717) is 0 Å². The molecule has 59 valence electrons. The number of rotatable bonds is 3. The summed E-state index contributed by atoms with van der Waals surface area (Å²) >= 11 is 0. The minimum absolute atomic E-state index is 1.07. The Bertz CT molecular complexity index is 204. The summed E-state index contributed by atoms with van der Waals surface area (Å²) in [6.45, 7) is 6.56. The summed E-state index contributed by atoms with van der Waals surface area (Å²) in [5, 5.41) is 0. The Hall–Kier alpha value is -0.525. The van der Waals surface area contributed by atoms with Crippen molar-refractivity contribution in [2.24, 2.45) is 4.90 Å². The normalized spacial score (nSPS) is 16.8. The third kappa shape index (κ3) is 1.55. The van der Waals surface area contributed by atoms with Crippen molar-refractivity contribution in [1.29, 1.82) is 0 Å². The van der Waals surface area contributed by atoms with Gasteiger partial charge in [-0.2, -0.15) is 0 Å². The monoisotopic (exact) mass is 148 g/mol. The van der Waals surface area contributed by atoms with E-state index in [2.05, 4.69) is 25.7 Å². The second-order valence-electron chi connectivity index (χ2n) is 2.77. The van der Waals surface area contributed by atoms with E-state index in [1.54, 1.807) is 0 Å². The lowest BCUT2D eigenvalue weighted by Crippen LogP contribution is -1.97. The number of allylic oxidation sites excluding steroid dienone is 2. The molecule has 0 aliphatic carbocycles. The zero-order chi connectivity index (χ0) is 8.27. The Morgan fingerprint density at radius 1 is 1.09 bits per heavy atom. The van der Waals surface area contributed by atoms with Crippen molar-refractivity contribution in [3.63, 3.8) is 0 Å². The topological polar surface area (TPSA) is 12.4 Å². The second kappa shape index (κ2) is 3.75. The van der Waals surface area contributed by atoms with Crippen LogP contribution in [-0.2, 0) is 0 Å². The fourth-order valence-corrected chi connectivity index (χ4v) is 1.54. The van der Waals surface area contributed by atoms with E-state index in [1.807, 2.05) is 7.41 Å². The van der Waals surface area contributed by atoms with Gasteiger partial charge in [0.1, 0.15) is 0 Å². The third-order valence-corrected chi connectivity index (χ3v) is 2.18. The smallest absolute Gasteiger partial charge is 0.308 e. The minimum Gasteiger partial charge on any atom is -0.346 e. The highest BCUT2D eigenvalue weighted by atomic mass is 14.7. The van der Waals surface area contributed by atoms with Gasteiger partial charge < -0.3 is 4.90 Å². The van der Waals surface area contributed by atoms with Crippen molar-refractivity contribution >= 4 is 13.1 Å². The first-order chi connectivity index (χ1) is 5.33. The number of hydrogen-bond acceptors (Lipinski definition) is 1. The standard InChI is InChI=1S/C9H15BN/c1-4-7-8(5-2)10-11-9(7)6-3/h4-6H2,1-3H3. The third-order valence-electron chi connectivity index (χ3n) is 2.18. The van der Waals surface area contributed by atoms with Crippen LogP contribution in [0.3, 0.4) is 0 Å². The summed E-state index contributed by atoms with van der Waals surface area (Å²) in [6.07, 6.45) is 3.33. The van der Waals surface area contributed by atoms with Crippen molar-refractivity contribution < 1.29 is 0 Å². The van der Waals surface area contributed by atoms with Crippen molar-refractivity contribution in [2.75, 3.05) is 0 Å². The molecule has 1 rings (SSSR count). The van der Waals surface area contributed by atoms with Crippen LogP contribution in [-0.4, -0.2) is 13.1 Å². The molecule has 2 heteroatoms. The molecule has 0 aromatic rings. The molecule has 0 amide bonds. The van der Waals surface area contributed by atoms with Gasteiger partial charge in [-0.15, -0.1) is 0 Å². The fourth-order valence-electron chi connectivity index (χ4n) is 1.54. The lowest BCUT2D eigenvalue weighted by Gasteiger charge is -2.03. The predicted molar refractivity (Wildman–Crippen MR) is 51.1 cm³/mol. The average Bonchev–Trinajstić information content (AvgIpc) is 2.45. The van der Waals surface area contributed by atoms with Crippen LogP contribution in [0.5, 0.6) is 0 Å². The summed E-state index contributed by atoms with van der Waals surface area (Å²) < 4.78 is 0. The van der Waals surface area contributed by atoms with Crippen molar-refractivity contribution in [1.82, 2.24) is 0 Å². The van der Waals surface area contributed by atoms with Gasteiger partial charge in [0.15, 0.2) is 0 Å². The molecule has 1 aliphatic heterocycles. The molecule has 0 unspecified atom stereocenters. The van der Waals surface area contributed by atoms with E-state index >= 15 is 0 Å². The van der Waals surface area contributed by atoms with Crippen LogP contribution in [0.4, 0.5) is 0 Å². The first-order valence-corrected chi connectivity index (χ1v) is 4.45. The molecule has 11 heavy (non-hydrogen) atoms. The molecule has 0 aromatic carbocycles. The van der Waals surface area contributed by atoms with E-state index in [1.165, 1.54) is 16.8 Å². The van der Waals surface area contributed by atoms with E-state index < -0.39 is 0 Å². The first-order valence-electron chi connectivity index (χ1n) is 4.45. The van der Waals surface area contributed by atoms with E-state index in [-0.39, 0.29) is 0 Å². The van der Waals surface area contributed by atoms with Crippen molar-refractivity contribution in [3.8, 4) is 0 Å². The maximum Gasteiger partial charge on any atom is 0.308 e. The zero-order valence-electron chi connectivity index (χ0n) is 7.65. The summed E-state index contributed by atoms with van der Waals surface area (Å²) in [7, 11) is 2.03. The molecule has 1 aliphatic rings. The van der Waals surface area contributed by atoms with E-state index in [0.717, 1.165) is 19.3 Å². The molecular weight excluding hydrogens is 133 g/mol. The fraction of sp³-hybridized carbons (Fsp3) is 0.667. The van der Waals surface area contributed by atoms with Gasteiger partial charge in [-0.1, -0.05) is 26.2 Å². The lowest BCUT2D eigenvalue weighted by molar-refractivity contribution is 1.09. The highest BCUT2D eigenvalue weighted by Gasteiger charge is 2.15. The van der Waals surface area contributed by atoms with Crippen LogP contribution in [0.1, 0.15) is 40.0 Å². The Morgan fingerprint density at radius 2 is 1.82 bits per heavy atom. The van der Waals surface area contributed by atoms with Crippen LogP contribution in [0, 0.1) is 0 Å². The van der Waals surface area contributed by atoms with Gasteiger partial charge in [-0.3, -0.25) is 0 Å². The molecule has 0 bridgehead atoms. The summed E-state index contributed by atoms with van der Waals surface area (Å²) in [5.41, 5.74) is 4.21. The lowest BCUT2D eigenvalue weighted by atomic mass is 9.80. The summed E-state index contributed by atoms with van der Waals surface area (Å²) in [6, 6.07) is 0. The second-order valence-corrected chi connectivity index (χ2v) is 2.77. The van der Waals surface area contributed by atoms with Crippen LogP contribution >= 0.6 is 0 Å². The first kappa shape index (κ1) is 8.57. The average molecular weight is 148 g/mol. The van der Waals surface area contributed by atoms with Gasteiger partial charge >= 0.3 is 7.41 Å². The van der Waals surface area contributed by atoms with Crippen LogP contribution in [0.25, 0.3) is 0 Å². The molecule has 0 N–H and O–H groups in total. The molecule has 0 fully saturated rings. The van der Waals surface area contributed by atoms with Gasteiger partial charge in [-0.05, 0) is 24.8 Å². The molecule has 0 saturated carbocycles. The highest BCUT2D eigenvalue weighted by Crippen LogP contribution is 2.20. The Kier molecular flexibility index (Phi) is 2.92. The van der Waals surface area contributed by atoms with Gasteiger partial charge in [0, 0.05) is 5.71 Å². The highest BCUT2D eigenvalue weighted by molar-refractivity contribution is 6.50. The SMILES string of the molecule is CCC1=N[B]C(CC)=C1CC. The van der Waals surface area contributed by atoms with E-state index in [4.69, 9.17) is 0 Å². The maximum atomic E-state index is 4.38. The minimum atomic E-state index is 1.07. The van der Waals surface area contributed by atoms with Crippen LogP contribution in [0.15, 0.2) is 15.9 Å². The van der Waals surface area contributed by atoms with E-state index in [9.17, 15) is 0 Å². The number of nitrogens with zero attached hydrogens (tertiary/aromatic N) is 1. The van der Waals surface area contributed by atoms with Crippen molar-refractivity contribution in [2.45, 2.75) is 40.0 Å². The van der Waals surface area contributed by atoms with Gasteiger partial charge in [0.05, 0.1) is 0 Å². The number of hydrogen-bond donors (Lipinski definition) is 0. The molecule has 0 spiro atoms. The Balaban J connectivity index is 2.80. The zero-order valence-corrected chi connectivity index (χ0v) is 7.65. The van der Waals surface area contributed by atoms with Gasteiger partial charge in [-0.25, -0.2) is 0 Å². The quantitative estimate of drug-likeness (QED) is 0.545. The maximum absolute atomic E-state index is 4.38. The van der Waals surface area contributed by atoms with Gasteiger partial charge in [0.2, 0.25) is 0 Å². The summed E-state index contributed by atoms with van der Waals surface area (Å²) in [5.74, 6) is 0. The molecular formula is C9H15BN. The molecule has 1 heterocycles. The van der Waals surface area contributed by atoms with Crippen LogP contribution < -0.4 is 0 Å². The predicted octanol–water partition coefficient (Wildman–Crippen LogP) is 2.54. The van der Waals surface area contributed by atoms with Crippen molar-refractivity contribution in [3.05, 3.63) is 11.0 Å².